The van der Waals surface area contributed by atoms with E-state index in [0.717, 1.165) is 6.07 Å². The maximum absolute atomic E-state index is 13.5. The first kappa shape index (κ1) is 26.6. The summed E-state index contributed by atoms with van der Waals surface area (Å²) in [7, 11) is 0. The minimum absolute atomic E-state index is 0.115. The second-order valence-corrected chi connectivity index (χ2v) is 10.1. The predicted molar refractivity (Wildman–Crippen MR) is 140 cm³/mol. The molecule has 3 aromatic rings. The van der Waals surface area contributed by atoms with Gasteiger partial charge in [-0.15, -0.1) is 0 Å². The molecular weight excluding hydrogens is 535 g/mol. The van der Waals surface area contributed by atoms with Crippen LogP contribution in [-0.4, -0.2) is 31.1 Å². The van der Waals surface area contributed by atoms with Crippen molar-refractivity contribution in [3.63, 3.8) is 0 Å². The van der Waals surface area contributed by atoms with Gasteiger partial charge in [-0.2, -0.15) is 0 Å². The molecule has 0 bridgehead atoms. The van der Waals surface area contributed by atoms with Crippen LogP contribution in [0, 0.1) is 10.1 Å². The number of carbonyl (C=O) groups excluding carboxylic acids is 2. The Morgan fingerprint density at radius 1 is 0.914 bits per heavy atom. The highest BCUT2D eigenvalue weighted by Crippen LogP contribution is 2.34. The Morgan fingerprint density at radius 3 is 1.94 bits per heavy atom. The lowest BCUT2D eigenvalue weighted by Crippen LogP contribution is -2.55. The average molecular weight is 554 g/mol. The number of nitrogens with zero attached hydrogens (tertiary/aromatic N) is 2. The van der Waals surface area contributed by atoms with E-state index in [-0.39, 0.29) is 11.4 Å². The molecule has 0 radical (unpaired) electrons. The molecule has 2 N–H and O–H groups in total. The Labute approximate surface area is 221 Å². The van der Waals surface area contributed by atoms with Crippen molar-refractivity contribution in [2.24, 2.45) is 0 Å². The van der Waals surface area contributed by atoms with Gasteiger partial charge in [-0.1, -0.05) is 114 Å². The number of nitro benzene ring substituents is 1. The molecule has 3 aromatic carbocycles. The van der Waals surface area contributed by atoms with E-state index >= 15 is 0 Å². The summed E-state index contributed by atoms with van der Waals surface area (Å²) >= 11 is 22.5. The highest BCUT2D eigenvalue weighted by molar-refractivity contribution is 7.78. The standard InChI is InChI=1S/C23H19Cl3N4O4S/c24-23(25,26)21(29(35)22(32)27-17-12-7-13-18(14-17)30(33)34)28-20(31)19(15-8-3-1-4-9-15)16-10-5-2-6-11-16/h1-14,19,21,35H,(H,27,32)(H,28,31). The quantitative estimate of drug-likeness (QED) is 0.111. The third-order valence-electron chi connectivity index (χ3n) is 4.88. The smallest absolute Gasteiger partial charge is 0.331 e. The molecule has 0 aromatic heterocycles. The zero-order valence-electron chi connectivity index (χ0n) is 17.8. The fourth-order valence-electron chi connectivity index (χ4n) is 3.28. The molecule has 0 aliphatic rings. The van der Waals surface area contributed by atoms with Gasteiger partial charge in [-0.05, 0) is 17.2 Å². The van der Waals surface area contributed by atoms with Crippen LogP contribution < -0.4 is 10.6 Å². The number of halogens is 3. The van der Waals surface area contributed by atoms with Crippen LogP contribution in [0.5, 0.6) is 0 Å². The van der Waals surface area contributed by atoms with Gasteiger partial charge in [-0.25, -0.2) is 9.10 Å². The molecule has 0 saturated heterocycles. The van der Waals surface area contributed by atoms with Crippen LogP contribution >= 0.6 is 47.6 Å². The molecule has 3 amide bonds. The number of non-ortho nitro benzene ring substituents is 1. The normalized spacial score (nSPS) is 12.0. The van der Waals surface area contributed by atoms with Gasteiger partial charge in [0.1, 0.15) is 0 Å². The number of benzene rings is 3. The average Bonchev–Trinajstić information content (AvgIpc) is 2.83. The van der Waals surface area contributed by atoms with Crippen molar-refractivity contribution >= 4 is 70.9 Å². The molecule has 1 unspecified atom stereocenters. The highest BCUT2D eigenvalue weighted by atomic mass is 35.6. The van der Waals surface area contributed by atoms with Crippen molar-refractivity contribution in [1.29, 1.82) is 0 Å². The molecule has 182 valence electrons. The number of hydrogen-bond donors (Lipinski definition) is 3. The highest BCUT2D eigenvalue weighted by Gasteiger charge is 2.41. The molecule has 0 heterocycles. The van der Waals surface area contributed by atoms with Crippen LogP contribution in [0.15, 0.2) is 84.9 Å². The van der Waals surface area contributed by atoms with E-state index in [1.807, 2.05) is 12.1 Å². The molecule has 1 atom stereocenters. The summed E-state index contributed by atoms with van der Waals surface area (Å²) in [5, 5.41) is 16.0. The molecule has 12 heteroatoms. The second-order valence-electron chi connectivity index (χ2n) is 7.29. The maximum atomic E-state index is 13.5. The van der Waals surface area contributed by atoms with E-state index in [4.69, 9.17) is 34.8 Å². The van der Waals surface area contributed by atoms with E-state index in [9.17, 15) is 19.7 Å². The first-order valence-electron chi connectivity index (χ1n) is 10.1. The van der Waals surface area contributed by atoms with Crippen LogP contribution in [0.3, 0.4) is 0 Å². The lowest BCUT2D eigenvalue weighted by molar-refractivity contribution is -0.384. The topological polar surface area (TPSA) is 105 Å². The van der Waals surface area contributed by atoms with Gasteiger partial charge >= 0.3 is 6.03 Å². The molecule has 0 spiro atoms. The fraction of sp³-hybridized carbons (Fsp3) is 0.130. The van der Waals surface area contributed by atoms with Crippen molar-refractivity contribution in [1.82, 2.24) is 9.62 Å². The number of nitro groups is 1. The van der Waals surface area contributed by atoms with Crippen molar-refractivity contribution in [3.8, 4) is 0 Å². The van der Waals surface area contributed by atoms with Crippen molar-refractivity contribution in [2.75, 3.05) is 5.32 Å². The molecule has 8 nitrogen and oxygen atoms in total. The maximum Gasteiger partial charge on any atom is 0.333 e. The molecular formula is C23H19Cl3N4O4S. The third kappa shape index (κ3) is 7.02. The summed E-state index contributed by atoms with van der Waals surface area (Å²) in [5.41, 5.74) is 1.26. The molecule has 3 rings (SSSR count). The predicted octanol–water partition coefficient (Wildman–Crippen LogP) is 5.92. The molecule has 0 fully saturated rings. The van der Waals surface area contributed by atoms with Gasteiger partial charge in [0.05, 0.1) is 10.8 Å². The van der Waals surface area contributed by atoms with Crippen molar-refractivity contribution in [2.45, 2.75) is 15.9 Å². The van der Waals surface area contributed by atoms with E-state index < -0.39 is 32.7 Å². The minimum Gasteiger partial charge on any atom is -0.331 e. The van der Waals surface area contributed by atoms with Gasteiger partial charge in [0.2, 0.25) is 9.70 Å². The SMILES string of the molecule is O=C(NC(N(S)C(=O)Nc1cccc([N+](=O)[O-])c1)C(Cl)(Cl)Cl)C(c1ccccc1)c1ccccc1. The van der Waals surface area contributed by atoms with Gasteiger partial charge in [0.15, 0.2) is 6.17 Å². The van der Waals surface area contributed by atoms with E-state index in [0.29, 0.717) is 15.4 Å². The Morgan fingerprint density at radius 2 is 1.46 bits per heavy atom. The van der Waals surface area contributed by atoms with Crippen LogP contribution in [-0.2, 0) is 4.79 Å². The minimum atomic E-state index is -2.17. The van der Waals surface area contributed by atoms with Crippen LogP contribution in [0.2, 0.25) is 0 Å². The number of urea groups is 1. The number of amides is 3. The van der Waals surface area contributed by atoms with Gasteiger partial charge in [0.25, 0.3) is 5.69 Å². The van der Waals surface area contributed by atoms with Gasteiger partial charge < -0.3 is 10.6 Å². The Hall–Kier alpha value is -2.98. The number of nitrogens with one attached hydrogen (secondary N) is 2. The Bertz CT molecular complexity index is 1160. The van der Waals surface area contributed by atoms with E-state index in [1.165, 1.54) is 18.2 Å². The summed E-state index contributed by atoms with van der Waals surface area (Å²) in [6.07, 6.45) is -1.50. The fourth-order valence-corrected chi connectivity index (χ4v) is 4.22. The lowest BCUT2D eigenvalue weighted by Gasteiger charge is -2.33. The zero-order valence-corrected chi connectivity index (χ0v) is 21.0. The van der Waals surface area contributed by atoms with Crippen molar-refractivity contribution < 1.29 is 14.5 Å². The van der Waals surface area contributed by atoms with Crippen LogP contribution in [0.25, 0.3) is 0 Å². The van der Waals surface area contributed by atoms with Crippen LogP contribution in [0.4, 0.5) is 16.2 Å². The molecule has 0 aliphatic carbocycles. The Kier molecular flexibility index (Phi) is 8.85. The summed E-state index contributed by atoms with van der Waals surface area (Å²) in [4.78, 5) is 36.7. The number of carbonyl (C=O) groups is 2. The number of alkyl halides is 3. The summed E-state index contributed by atoms with van der Waals surface area (Å²) in [5.74, 6) is -1.31. The number of rotatable bonds is 7. The monoisotopic (exact) mass is 552 g/mol. The Balaban J connectivity index is 1.86. The molecule has 0 aliphatic heterocycles. The molecule has 35 heavy (non-hydrogen) atoms. The van der Waals surface area contributed by atoms with Crippen LogP contribution in [0.1, 0.15) is 17.0 Å². The summed E-state index contributed by atoms with van der Waals surface area (Å²) in [6, 6.07) is 22.3. The lowest BCUT2D eigenvalue weighted by atomic mass is 9.90. The van der Waals surface area contributed by atoms with E-state index in [1.54, 1.807) is 48.5 Å². The molecule has 0 saturated carbocycles. The van der Waals surface area contributed by atoms with Crippen molar-refractivity contribution in [3.05, 3.63) is 106 Å². The second kappa shape index (κ2) is 11.6. The number of hydrogen-bond acceptors (Lipinski definition) is 5. The summed E-state index contributed by atoms with van der Waals surface area (Å²) < 4.78 is -1.47. The number of anilines is 1. The largest absolute Gasteiger partial charge is 0.333 e. The van der Waals surface area contributed by atoms with Gasteiger partial charge in [0, 0.05) is 17.8 Å². The van der Waals surface area contributed by atoms with E-state index in [2.05, 4.69) is 23.4 Å². The summed E-state index contributed by atoms with van der Waals surface area (Å²) in [6.45, 7) is 0. The third-order valence-corrected chi connectivity index (χ3v) is 5.91. The van der Waals surface area contributed by atoms with Gasteiger partial charge in [-0.3, -0.25) is 14.9 Å². The number of thiol groups is 1. The zero-order chi connectivity index (χ0) is 25.6. The first-order chi connectivity index (χ1) is 16.6. The first-order valence-corrected chi connectivity index (χ1v) is 11.6.